The highest BCUT2D eigenvalue weighted by Crippen LogP contribution is 2.19. The Kier molecular flexibility index (Phi) is 5.43. The molecular weight excluding hydrogens is 328 g/mol. The molecule has 1 atom stereocenters. The number of nitrogens with zero attached hydrogens (tertiary/aromatic N) is 2. The Morgan fingerprint density at radius 2 is 2.04 bits per heavy atom. The van der Waals surface area contributed by atoms with Crippen LogP contribution in [0.4, 0.5) is 0 Å². The topological polar surface area (TPSA) is 45.9 Å². The zero-order valence-electron chi connectivity index (χ0n) is 13.7. The first-order chi connectivity index (χ1) is 11.6. The molecule has 0 N–H and O–H groups in total. The Bertz CT molecular complexity index is 667. The molecule has 0 bridgehead atoms. The molecule has 0 aliphatic carbocycles. The molecule has 1 saturated heterocycles. The van der Waals surface area contributed by atoms with Crippen LogP contribution < -0.4 is 4.74 Å². The van der Waals surface area contributed by atoms with Crippen LogP contribution in [0.25, 0.3) is 0 Å². The number of hydrogen-bond donors (Lipinski definition) is 0. The van der Waals surface area contributed by atoms with E-state index in [-0.39, 0.29) is 5.91 Å². The standard InChI is InChI=1S/C18H21ClN2O3/c1-14(24-16-5-2-4-15(19)12-16)18(22)21-9-7-20(8-10-21)13-17-6-3-11-23-17/h2-6,11-12,14H,7-10,13H2,1H3/t14-/m1/s1. The average Bonchev–Trinajstić information content (AvgIpc) is 3.08. The molecule has 1 fully saturated rings. The van der Waals surface area contributed by atoms with Gasteiger partial charge in [-0.3, -0.25) is 9.69 Å². The summed E-state index contributed by atoms with van der Waals surface area (Å²) in [6, 6.07) is 11.0. The van der Waals surface area contributed by atoms with Crippen LogP contribution in [0.2, 0.25) is 5.02 Å². The third-order valence-corrected chi connectivity index (χ3v) is 4.34. The number of carbonyl (C=O) groups excluding carboxylic acids is 1. The number of ether oxygens (including phenoxy) is 1. The van der Waals surface area contributed by atoms with Gasteiger partial charge in [0.1, 0.15) is 11.5 Å². The number of halogens is 1. The summed E-state index contributed by atoms with van der Waals surface area (Å²) in [5, 5.41) is 0.596. The van der Waals surface area contributed by atoms with Crippen LogP contribution in [0.15, 0.2) is 47.1 Å². The first-order valence-corrected chi connectivity index (χ1v) is 8.45. The van der Waals surface area contributed by atoms with Crippen molar-refractivity contribution in [3.05, 3.63) is 53.4 Å². The smallest absolute Gasteiger partial charge is 0.263 e. The SMILES string of the molecule is C[C@@H](Oc1cccc(Cl)c1)C(=O)N1CCN(Cc2ccco2)CC1. The van der Waals surface area contributed by atoms with E-state index < -0.39 is 6.10 Å². The Balaban J connectivity index is 1.49. The molecule has 1 aliphatic rings. The molecular formula is C18H21ClN2O3. The maximum Gasteiger partial charge on any atom is 0.263 e. The van der Waals surface area contributed by atoms with Gasteiger partial charge in [0, 0.05) is 31.2 Å². The lowest BCUT2D eigenvalue weighted by molar-refractivity contribution is -0.139. The fraction of sp³-hybridized carbons (Fsp3) is 0.389. The van der Waals surface area contributed by atoms with Gasteiger partial charge in [-0.15, -0.1) is 0 Å². The number of hydrogen-bond acceptors (Lipinski definition) is 4. The van der Waals surface area contributed by atoms with Crippen molar-refractivity contribution in [1.29, 1.82) is 0 Å². The number of benzene rings is 1. The van der Waals surface area contributed by atoms with E-state index in [0.717, 1.165) is 25.4 Å². The molecule has 5 nitrogen and oxygen atoms in total. The maximum atomic E-state index is 12.5. The van der Waals surface area contributed by atoms with Crippen molar-refractivity contribution in [3.63, 3.8) is 0 Å². The van der Waals surface area contributed by atoms with E-state index in [1.54, 1.807) is 31.4 Å². The third kappa shape index (κ3) is 4.30. The van der Waals surface area contributed by atoms with E-state index in [1.165, 1.54) is 0 Å². The number of carbonyl (C=O) groups is 1. The summed E-state index contributed by atoms with van der Waals surface area (Å²) in [5.74, 6) is 1.57. The molecule has 2 heterocycles. The largest absolute Gasteiger partial charge is 0.481 e. The summed E-state index contributed by atoms with van der Waals surface area (Å²) in [6.45, 7) is 5.61. The molecule has 128 valence electrons. The van der Waals surface area contributed by atoms with Gasteiger partial charge >= 0.3 is 0 Å². The van der Waals surface area contributed by atoms with Gasteiger partial charge in [0.05, 0.1) is 12.8 Å². The van der Waals surface area contributed by atoms with Crippen molar-refractivity contribution in [3.8, 4) is 5.75 Å². The predicted octanol–water partition coefficient (Wildman–Crippen LogP) is 3.04. The molecule has 1 aliphatic heterocycles. The molecule has 3 rings (SSSR count). The van der Waals surface area contributed by atoms with Crippen molar-refractivity contribution in [1.82, 2.24) is 9.80 Å². The van der Waals surface area contributed by atoms with Crippen molar-refractivity contribution in [2.75, 3.05) is 26.2 Å². The molecule has 1 amide bonds. The predicted molar refractivity (Wildman–Crippen MR) is 92.1 cm³/mol. The maximum absolute atomic E-state index is 12.5. The summed E-state index contributed by atoms with van der Waals surface area (Å²) in [5.41, 5.74) is 0. The van der Waals surface area contributed by atoms with Gasteiger partial charge < -0.3 is 14.1 Å². The average molecular weight is 349 g/mol. The molecule has 0 spiro atoms. The second-order valence-corrected chi connectivity index (χ2v) is 6.33. The molecule has 2 aromatic rings. The van der Waals surface area contributed by atoms with E-state index >= 15 is 0 Å². The van der Waals surface area contributed by atoms with Crippen LogP contribution in [-0.4, -0.2) is 48.0 Å². The van der Waals surface area contributed by atoms with Gasteiger partial charge in [-0.2, -0.15) is 0 Å². The second-order valence-electron chi connectivity index (χ2n) is 5.90. The quantitative estimate of drug-likeness (QED) is 0.833. The minimum Gasteiger partial charge on any atom is -0.481 e. The van der Waals surface area contributed by atoms with Crippen molar-refractivity contribution >= 4 is 17.5 Å². The lowest BCUT2D eigenvalue weighted by atomic mass is 10.2. The number of piperazine rings is 1. The first-order valence-electron chi connectivity index (χ1n) is 8.07. The summed E-state index contributed by atoms with van der Waals surface area (Å²) >= 11 is 5.94. The van der Waals surface area contributed by atoms with Crippen LogP contribution >= 0.6 is 11.6 Å². The zero-order chi connectivity index (χ0) is 16.9. The van der Waals surface area contributed by atoms with E-state index in [2.05, 4.69) is 4.90 Å². The van der Waals surface area contributed by atoms with E-state index in [4.69, 9.17) is 20.8 Å². The van der Waals surface area contributed by atoms with Crippen molar-refractivity contribution < 1.29 is 13.9 Å². The van der Waals surface area contributed by atoms with Gasteiger partial charge in [0.15, 0.2) is 6.10 Å². The van der Waals surface area contributed by atoms with Crippen LogP contribution in [0, 0.1) is 0 Å². The molecule has 1 aromatic heterocycles. The Morgan fingerprint density at radius 3 is 2.71 bits per heavy atom. The Hall–Kier alpha value is -1.98. The van der Waals surface area contributed by atoms with Crippen molar-refractivity contribution in [2.24, 2.45) is 0 Å². The van der Waals surface area contributed by atoms with Crippen LogP contribution in [-0.2, 0) is 11.3 Å². The first kappa shape index (κ1) is 16.9. The lowest BCUT2D eigenvalue weighted by Gasteiger charge is -2.35. The minimum atomic E-state index is -0.528. The summed E-state index contributed by atoms with van der Waals surface area (Å²) in [7, 11) is 0. The third-order valence-electron chi connectivity index (χ3n) is 4.10. The molecule has 6 heteroatoms. The Morgan fingerprint density at radius 1 is 1.25 bits per heavy atom. The molecule has 0 unspecified atom stereocenters. The zero-order valence-corrected chi connectivity index (χ0v) is 14.4. The lowest BCUT2D eigenvalue weighted by Crippen LogP contribution is -2.51. The summed E-state index contributed by atoms with van der Waals surface area (Å²) in [6.07, 6.45) is 1.16. The van der Waals surface area contributed by atoms with Crippen molar-refractivity contribution in [2.45, 2.75) is 19.6 Å². The highest BCUT2D eigenvalue weighted by atomic mass is 35.5. The summed E-state index contributed by atoms with van der Waals surface area (Å²) in [4.78, 5) is 16.7. The minimum absolute atomic E-state index is 0.00706. The fourth-order valence-electron chi connectivity index (χ4n) is 2.80. The van der Waals surface area contributed by atoms with Crippen LogP contribution in [0.1, 0.15) is 12.7 Å². The van der Waals surface area contributed by atoms with E-state index in [1.807, 2.05) is 23.1 Å². The van der Waals surface area contributed by atoms with Crippen LogP contribution in [0.3, 0.4) is 0 Å². The van der Waals surface area contributed by atoms with Gasteiger partial charge in [0.25, 0.3) is 5.91 Å². The van der Waals surface area contributed by atoms with Gasteiger partial charge in [-0.05, 0) is 37.3 Å². The fourth-order valence-corrected chi connectivity index (χ4v) is 2.98. The second kappa shape index (κ2) is 7.73. The number of rotatable bonds is 5. The molecule has 0 radical (unpaired) electrons. The van der Waals surface area contributed by atoms with E-state index in [9.17, 15) is 4.79 Å². The van der Waals surface area contributed by atoms with Crippen LogP contribution in [0.5, 0.6) is 5.75 Å². The van der Waals surface area contributed by atoms with Gasteiger partial charge in [-0.1, -0.05) is 17.7 Å². The normalized spacial score (nSPS) is 16.8. The number of amides is 1. The van der Waals surface area contributed by atoms with Gasteiger partial charge in [-0.25, -0.2) is 0 Å². The molecule has 24 heavy (non-hydrogen) atoms. The number of furan rings is 1. The van der Waals surface area contributed by atoms with E-state index in [0.29, 0.717) is 23.9 Å². The van der Waals surface area contributed by atoms with Gasteiger partial charge in [0.2, 0.25) is 0 Å². The summed E-state index contributed by atoms with van der Waals surface area (Å²) < 4.78 is 11.1. The highest BCUT2D eigenvalue weighted by Gasteiger charge is 2.26. The Labute approximate surface area is 146 Å². The molecule has 1 aromatic carbocycles. The monoisotopic (exact) mass is 348 g/mol. The highest BCUT2D eigenvalue weighted by molar-refractivity contribution is 6.30. The molecule has 0 saturated carbocycles.